The van der Waals surface area contributed by atoms with Crippen LogP contribution in [0.2, 0.25) is 0 Å². The molecule has 0 radical (unpaired) electrons. The summed E-state index contributed by atoms with van der Waals surface area (Å²) in [6, 6.07) is 6.15. The normalized spacial score (nSPS) is 7.20. The number of hydrogen-bond acceptors (Lipinski definition) is 2. The second kappa shape index (κ2) is 6.09. The molecule has 0 aliphatic carbocycles. The molecule has 4 heteroatoms. The van der Waals surface area contributed by atoms with Gasteiger partial charge in [-0.15, -0.1) is 0 Å². The van der Waals surface area contributed by atoms with Crippen LogP contribution in [0.3, 0.4) is 0 Å². The molecule has 10 heavy (non-hydrogen) atoms. The van der Waals surface area contributed by atoms with Crippen molar-refractivity contribution >= 4 is 46.9 Å². The van der Waals surface area contributed by atoms with E-state index in [-0.39, 0.29) is 58.4 Å². The van der Waals surface area contributed by atoms with Gasteiger partial charge in [-0.3, -0.25) is 0 Å². The molecule has 0 spiro atoms. The van der Waals surface area contributed by atoms with E-state index < -0.39 is 0 Å². The third-order valence-electron chi connectivity index (χ3n) is 0.882. The Morgan fingerprint density at radius 2 is 1.20 bits per heavy atom. The summed E-state index contributed by atoms with van der Waals surface area (Å²) in [6.07, 6.45) is 0. The summed E-state index contributed by atoms with van der Waals surface area (Å²) in [6.45, 7) is 0. The van der Waals surface area contributed by atoms with Crippen LogP contribution < -0.4 is 0 Å². The molecule has 0 saturated heterocycles. The van der Waals surface area contributed by atoms with Crippen LogP contribution in [0.1, 0.15) is 0 Å². The van der Waals surface area contributed by atoms with Crippen LogP contribution >= 0.6 is 0 Å². The van der Waals surface area contributed by atoms with Gasteiger partial charge in [0.15, 0.2) is 28.9 Å². The van der Waals surface area contributed by atoms with Gasteiger partial charge < -0.3 is 10.2 Å². The molecule has 1 aromatic carbocycles. The first-order valence-electron chi connectivity index (χ1n) is 2.27. The molecule has 0 unspecified atom stereocenters. The van der Waals surface area contributed by atoms with E-state index in [1.165, 1.54) is 12.1 Å². The van der Waals surface area contributed by atoms with Crippen molar-refractivity contribution < 1.29 is 10.2 Å². The van der Waals surface area contributed by atoms with Gasteiger partial charge in [-0.05, 0) is 12.1 Å². The number of hydrogen-bond donors (Lipinski definition) is 2. The van der Waals surface area contributed by atoms with Crippen molar-refractivity contribution in [3.05, 3.63) is 24.3 Å². The van der Waals surface area contributed by atoms with E-state index in [1.54, 1.807) is 12.1 Å². The Morgan fingerprint density at radius 3 is 1.40 bits per heavy atom. The quantitative estimate of drug-likeness (QED) is 0.392. The third kappa shape index (κ3) is 3.50. The predicted molar refractivity (Wildman–Crippen MR) is 46.9 cm³/mol. The minimum absolute atomic E-state index is 0. The van der Waals surface area contributed by atoms with Gasteiger partial charge in [0.1, 0.15) is 0 Å². The van der Waals surface area contributed by atoms with Crippen LogP contribution in [-0.4, -0.2) is 57.1 Å². The first kappa shape index (κ1) is 13.0. The van der Waals surface area contributed by atoms with Crippen LogP contribution in [0.4, 0.5) is 0 Å². The molecule has 0 fully saturated rings. The summed E-state index contributed by atoms with van der Waals surface area (Å²) in [5, 5.41) is 17.3. The first-order valence-corrected chi connectivity index (χ1v) is 2.27. The molecule has 50 valence electrons. The van der Waals surface area contributed by atoms with Gasteiger partial charge in [-0.25, -0.2) is 0 Å². The van der Waals surface area contributed by atoms with E-state index in [2.05, 4.69) is 0 Å². The van der Waals surface area contributed by atoms with E-state index >= 15 is 0 Å². The molecule has 0 atom stereocenters. The van der Waals surface area contributed by atoms with Crippen LogP contribution in [-0.2, 0) is 0 Å². The average molecular weight is 164 g/mol. The van der Waals surface area contributed by atoms with Crippen molar-refractivity contribution in [2.45, 2.75) is 0 Å². The zero-order valence-corrected chi connectivity index (χ0v) is 4.20. The monoisotopic (exact) mass is 164 g/mol. The molecule has 2 nitrogen and oxygen atoms in total. The number of benzene rings is 1. The topological polar surface area (TPSA) is 40.5 Å². The maximum absolute atomic E-state index is 8.67. The fraction of sp³-hybridized carbons (Fsp3) is 0. The molecule has 0 heterocycles. The van der Waals surface area contributed by atoms with Crippen LogP contribution in [0, 0.1) is 0 Å². The summed E-state index contributed by atoms with van der Waals surface area (Å²) in [4.78, 5) is 0. The Bertz CT molecular complexity index is 172. The van der Waals surface area contributed by atoms with Gasteiger partial charge in [0.05, 0.1) is 0 Å². The van der Waals surface area contributed by atoms with Gasteiger partial charge in [0.25, 0.3) is 0 Å². The van der Waals surface area contributed by atoms with Crippen molar-refractivity contribution in [3.8, 4) is 11.5 Å². The predicted octanol–water partition coefficient (Wildman–Crippen LogP) is -0.735. The number of phenolic OH excluding ortho intramolecular Hbond substituents is 2. The van der Waals surface area contributed by atoms with Crippen molar-refractivity contribution in [2.75, 3.05) is 0 Å². The summed E-state index contributed by atoms with van der Waals surface area (Å²) < 4.78 is 0. The number of rotatable bonds is 0. The second-order valence-corrected chi connectivity index (χ2v) is 1.49. The van der Waals surface area contributed by atoms with E-state index in [4.69, 9.17) is 10.2 Å². The Morgan fingerprint density at radius 1 is 0.900 bits per heavy atom. The Kier molecular flexibility index (Phi) is 7.90. The molecule has 0 amide bonds. The van der Waals surface area contributed by atoms with Crippen LogP contribution in [0.25, 0.3) is 0 Å². The molecule has 2 N–H and O–H groups in total. The summed E-state index contributed by atoms with van der Waals surface area (Å²) >= 11 is 0. The molecule has 1 aromatic rings. The molecule has 0 bridgehead atoms. The summed E-state index contributed by atoms with van der Waals surface area (Å²) in [5.74, 6) is -0.153. The van der Waals surface area contributed by atoms with Crippen molar-refractivity contribution in [3.63, 3.8) is 0 Å². The fourth-order valence-corrected chi connectivity index (χ4v) is 0.464. The van der Waals surface area contributed by atoms with Gasteiger partial charge in [0, 0.05) is 0 Å². The molecular weight excluding hydrogens is 154 g/mol. The maximum atomic E-state index is 8.67. The van der Waals surface area contributed by atoms with Crippen LogP contribution in [0.15, 0.2) is 24.3 Å². The standard InChI is InChI=1S/C6H6O2.Al.Na.4H/c7-5-3-1-2-4-6(5)8;;;;;;/h1-4,7-8H;;;;;;. The fourth-order valence-electron chi connectivity index (χ4n) is 0.464. The van der Waals surface area contributed by atoms with E-state index in [0.717, 1.165) is 0 Å². The Labute approximate surface area is 92.3 Å². The van der Waals surface area contributed by atoms with Gasteiger partial charge in [0.2, 0.25) is 0 Å². The van der Waals surface area contributed by atoms with Gasteiger partial charge >= 0.3 is 29.6 Å². The molecule has 0 aromatic heterocycles. The number of phenols is 2. The molecular formula is C6H10AlNaO2. The van der Waals surface area contributed by atoms with E-state index in [9.17, 15) is 0 Å². The molecule has 1 rings (SSSR count). The van der Waals surface area contributed by atoms with Gasteiger partial charge in [-0.2, -0.15) is 0 Å². The van der Waals surface area contributed by atoms with Crippen molar-refractivity contribution in [1.29, 1.82) is 0 Å². The van der Waals surface area contributed by atoms with E-state index in [0.29, 0.717) is 0 Å². The number of para-hydroxylation sites is 2. The summed E-state index contributed by atoms with van der Waals surface area (Å²) in [5.41, 5.74) is 0. The molecule has 0 aliphatic rings. The third-order valence-corrected chi connectivity index (χ3v) is 0.882. The molecule has 0 aliphatic heterocycles. The Balaban J connectivity index is 0. The van der Waals surface area contributed by atoms with Crippen molar-refractivity contribution in [1.82, 2.24) is 0 Å². The van der Waals surface area contributed by atoms with Crippen molar-refractivity contribution in [2.24, 2.45) is 0 Å². The second-order valence-electron chi connectivity index (χ2n) is 1.49. The first-order chi connectivity index (χ1) is 3.80. The zero-order chi connectivity index (χ0) is 5.98. The van der Waals surface area contributed by atoms with E-state index in [1.807, 2.05) is 0 Å². The van der Waals surface area contributed by atoms with Gasteiger partial charge in [-0.1, -0.05) is 12.1 Å². The SMILES string of the molecule is Oc1ccccc1O.[AlH3].[NaH]. The molecule has 0 saturated carbocycles. The summed E-state index contributed by atoms with van der Waals surface area (Å²) in [7, 11) is 0. The Hall–Kier alpha value is 0.352. The zero-order valence-electron chi connectivity index (χ0n) is 4.20. The number of aromatic hydroxyl groups is 2. The average Bonchev–Trinajstić information content (AvgIpc) is 1.77. The van der Waals surface area contributed by atoms with Crippen LogP contribution in [0.5, 0.6) is 11.5 Å². The minimum atomic E-state index is -0.0764.